The van der Waals surface area contributed by atoms with Crippen LogP contribution < -0.4 is 9.64 Å². The Morgan fingerprint density at radius 3 is 2.23 bits per heavy atom. The Balaban J connectivity index is 1.65. The lowest BCUT2D eigenvalue weighted by Crippen LogP contribution is -2.32. The monoisotopic (exact) mass is 367 g/mol. The molecular formula is C21H18ClNO3. The summed E-state index contributed by atoms with van der Waals surface area (Å²) < 4.78 is 5.92. The minimum atomic E-state index is -0.225. The molecule has 1 aliphatic heterocycles. The lowest BCUT2D eigenvalue weighted by atomic mass is 9.93. The van der Waals surface area contributed by atoms with Crippen LogP contribution in [0.1, 0.15) is 31.2 Å². The van der Waals surface area contributed by atoms with Crippen LogP contribution >= 0.6 is 11.6 Å². The normalized spacial score (nSPS) is 16.9. The average Bonchev–Trinajstić information content (AvgIpc) is 2.92. The molecular weight excluding hydrogens is 350 g/mol. The Kier molecular flexibility index (Phi) is 4.51. The van der Waals surface area contributed by atoms with E-state index in [1.54, 1.807) is 18.2 Å². The zero-order chi connectivity index (χ0) is 18.1. The number of ether oxygens (including phenoxy) is 1. The predicted octanol–water partition coefficient (Wildman–Crippen LogP) is 4.66. The molecule has 2 amide bonds. The smallest absolute Gasteiger partial charge is 0.261 e. The van der Waals surface area contributed by atoms with E-state index in [1.807, 2.05) is 30.3 Å². The van der Waals surface area contributed by atoms with Crippen molar-refractivity contribution >= 4 is 29.1 Å². The molecule has 0 unspecified atom stereocenters. The molecule has 0 spiro atoms. The zero-order valence-electron chi connectivity index (χ0n) is 14.2. The summed E-state index contributed by atoms with van der Waals surface area (Å²) in [6.07, 6.45) is 3.24. The van der Waals surface area contributed by atoms with Crippen LogP contribution in [0.4, 0.5) is 5.69 Å². The molecule has 4 nitrogen and oxygen atoms in total. The van der Waals surface area contributed by atoms with Gasteiger partial charge >= 0.3 is 0 Å². The predicted molar refractivity (Wildman–Crippen MR) is 100 cm³/mol. The number of benzene rings is 2. The van der Waals surface area contributed by atoms with E-state index < -0.39 is 0 Å². The first-order chi connectivity index (χ1) is 12.6. The summed E-state index contributed by atoms with van der Waals surface area (Å²) >= 11 is 6.12. The van der Waals surface area contributed by atoms with E-state index in [1.165, 1.54) is 4.90 Å². The molecule has 0 radical (unpaired) electrons. The van der Waals surface area contributed by atoms with Crippen molar-refractivity contribution in [1.29, 1.82) is 0 Å². The van der Waals surface area contributed by atoms with E-state index in [0.717, 1.165) is 18.4 Å². The summed E-state index contributed by atoms with van der Waals surface area (Å²) in [6.45, 7) is 0.331. The minimum absolute atomic E-state index is 0.225. The fourth-order valence-corrected chi connectivity index (χ4v) is 3.64. The van der Waals surface area contributed by atoms with Gasteiger partial charge in [0.1, 0.15) is 12.4 Å². The second-order valence-electron chi connectivity index (χ2n) is 6.50. The maximum absolute atomic E-state index is 12.8. The Morgan fingerprint density at radius 2 is 1.58 bits per heavy atom. The third-order valence-corrected chi connectivity index (χ3v) is 5.03. The highest BCUT2D eigenvalue weighted by molar-refractivity contribution is 6.34. The van der Waals surface area contributed by atoms with Gasteiger partial charge in [-0.25, -0.2) is 4.90 Å². The van der Waals surface area contributed by atoms with Crippen LogP contribution in [-0.2, 0) is 16.2 Å². The van der Waals surface area contributed by atoms with Gasteiger partial charge in [0.15, 0.2) is 0 Å². The number of amides is 2. The van der Waals surface area contributed by atoms with E-state index in [4.69, 9.17) is 16.3 Å². The number of anilines is 1. The molecule has 0 aromatic heterocycles. The molecule has 0 N–H and O–H groups in total. The number of imide groups is 1. The minimum Gasteiger partial charge on any atom is -0.487 e. The van der Waals surface area contributed by atoms with Gasteiger partial charge in [0.2, 0.25) is 0 Å². The maximum atomic E-state index is 12.8. The SMILES string of the molecule is O=C1C2=C(CCCC2)C(=O)N1c1ccc(Cl)cc1OCc1ccccc1. The van der Waals surface area contributed by atoms with Gasteiger partial charge in [-0.1, -0.05) is 41.9 Å². The van der Waals surface area contributed by atoms with Crippen molar-refractivity contribution in [2.75, 3.05) is 4.90 Å². The third kappa shape index (κ3) is 3.01. The summed E-state index contributed by atoms with van der Waals surface area (Å²) in [5.74, 6) is -0.0175. The highest BCUT2D eigenvalue weighted by Gasteiger charge is 2.40. The lowest BCUT2D eigenvalue weighted by Gasteiger charge is -2.19. The number of nitrogens with zero attached hydrogens (tertiary/aromatic N) is 1. The molecule has 1 aliphatic carbocycles. The number of hydrogen-bond donors (Lipinski definition) is 0. The van der Waals surface area contributed by atoms with E-state index in [-0.39, 0.29) is 11.8 Å². The van der Waals surface area contributed by atoms with Gasteiger partial charge in [-0.05, 0) is 43.4 Å². The molecule has 26 heavy (non-hydrogen) atoms. The Morgan fingerprint density at radius 1 is 0.923 bits per heavy atom. The summed E-state index contributed by atoms with van der Waals surface area (Å²) in [5, 5.41) is 0.494. The van der Waals surface area contributed by atoms with Crippen molar-refractivity contribution in [3.63, 3.8) is 0 Å². The number of hydrogen-bond acceptors (Lipinski definition) is 3. The van der Waals surface area contributed by atoms with Crippen molar-refractivity contribution in [2.45, 2.75) is 32.3 Å². The van der Waals surface area contributed by atoms with Crippen molar-refractivity contribution in [3.8, 4) is 5.75 Å². The molecule has 0 bridgehead atoms. The molecule has 5 heteroatoms. The van der Waals surface area contributed by atoms with Gasteiger partial charge in [0.05, 0.1) is 5.69 Å². The van der Waals surface area contributed by atoms with Gasteiger partial charge in [0.25, 0.3) is 11.8 Å². The molecule has 0 saturated heterocycles. The van der Waals surface area contributed by atoms with E-state index >= 15 is 0 Å². The standard InChI is InChI=1S/C21H18ClNO3/c22-15-10-11-18(19(12-15)26-13-14-6-2-1-3-7-14)23-20(24)16-8-4-5-9-17(16)21(23)25/h1-3,6-7,10-12H,4-5,8-9,13H2. The Hall–Kier alpha value is -2.59. The van der Waals surface area contributed by atoms with Crippen LogP contribution in [0.2, 0.25) is 5.02 Å². The zero-order valence-corrected chi connectivity index (χ0v) is 15.0. The van der Waals surface area contributed by atoms with Crippen LogP contribution in [0, 0.1) is 0 Å². The van der Waals surface area contributed by atoms with Gasteiger partial charge < -0.3 is 4.74 Å². The molecule has 4 rings (SSSR count). The summed E-state index contributed by atoms with van der Waals surface area (Å²) in [4.78, 5) is 26.9. The second kappa shape index (κ2) is 6.96. The second-order valence-corrected chi connectivity index (χ2v) is 6.93. The Labute approximate surface area is 157 Å². The largest absolute Gasteiger partial charge is 0.487 e. The first-order valence-electron chi connectivity index (χ1n) is 8.72. The Bertz CT molecular complexity index is 877. The number of halogens is 1. The molecule has 0 atom stereocenters. The van der Waals surface area contributed by atoms with Crippen LogP contribution in [0.25, 0.3) is 0 Å². The molecule has 2 aromatic carbocycles. The highest BCUT2D eigenvalue weighted by atomic mass is 35.5. The van der Waals surface area contributed by atoms with Crippen molar-refractivity contribution < 1.29 is 14.3 Å². The van der Waals surface area contributed by atoms with Gasteiger partial charge in [0, 0.05) is 22.2 Å². The number of rotatable bonds is 4. The van der Waals surface area contributed by atoms with Crippen LogP contribution in [0.3, 0.4) is 0 Å². The molecule has 1 heterocycles. The van der Waals surface area contributed by atoms with Gasteiger partial charge in [-0.2, -0.15) is 0 Å². The molecule has 0 saturated carbocycles. The first-order valence-corrected chi connectivity index (χ1v) is 9.10. The summed E-state index contributed by atoms with van der Waals surface area (Å²) in [5.41, 5.74) is 2.76. The van der Waals surface area contributed by atoms with Crippen LogP contribution in [-0.4, -0.2) is 11.8 Å². The highest BCUT2D eigenvalue weighted by Crippen LogP contribution is 2.40. The quantitative estimate of drug-likeness (QED) is 0.738. The van der Waals surface area contributed by atoms with E-state index in [0.29, 0.717) is 47.1 Å². The number of carbonyl (C=O) groups excluding carboxylic acids is 2. The van der Waals surface area contributed by atoms with Crippen LogP contribution in [0.15, 0.2) is 59.7 Å². The molecule has 0 fully saturated rings. The van der Waals surface area contributed by atoms with Gasteiger partial charge in [-0.15, -0.1) is 0 Å². The summed E-state index contributed by atoms with van der Waals surface area (Å²) in [6, 6.07) is 14.7. The van der Waals surface area contributed by atoms with Gasteiger partial charge in [-0.3, -0.25) is 9.59 Å². The van der Waals surface area contributed by atoms with Crippen molar-refractivity contribution in [1.82, 2.24) is 0 Å². The topological polar surface area (TPSA) is 46.6 Å². The third-order valence-electron chi connectivity index (χ3n) is 4.79. The molecule has 2 aromatic rings. The first kappa shape index (κ1) is 16.9. The molecule has 2 aliphatic rings. The van der Waals surface area contributed by atoms with Crippen LogP contribution in [0.5, 0.6) is 5.75 Å². The molecule has 132 valence electrons. The summed E-state index contributed by atoms with van der Waals surface area (Å²) in [7, 11) is 0. The van der Waals surface area contributed by atoms with Crippen molar-refractivity contribution in [2.24, 2.45) is 0 Å². The fraction of sp³-hybridized carbons (Fsp3) is 0.238. The average molecular weight is 368 g/mol. The maximum Gasteiger partial charge on any atom is 0.261 e. The van der Waals surface area contributed by atoms with E-state index in [2.05, 4.69) is 0 Å². The lowest BCUT2D eigenvalue weighted by molar-refractivity contribution is -0.120. The number of carbonyl (C=O) groups is 2. The van der Waals surface area contributed by atoms with E-state index in [9.17, 15) is 9.59 Å². The van der Waals surface area contributed by atoms with Crippen molar-refractivity contribution in [3.05, 3.63) is 70.3 Å². The fourth-order valence-electron chi connectivity index (χ4n) is 3.48.